The predicted molar refractivity (Wildman–Crippen MR) is 83.1 cm³/mol. The van der Waals surface area contributed by atoms with Crippen LogP contribution in [-0.2, 0) is 11.4 Å². The molecule has 21 heavy (non-hydrogen) atoms. The number of ether oxygens (including phenoxy) is 2. The summed E-state index contributed by atoms with van der Waals surface area (Å²) >= 11 is 1.53. The van der Waals surface area contributed by atoms with Crippen molar-refractivity contribution in [2.75, 3.05) is 7.11 Å². The van der Waals surface area contributed by atoms with Gasteiger partial charge in [0.1, 0.15) is 6.61 Å². The molecule has 0 aliphatic carbocycles. The second kappa shape index (κ2) is 6.95. The van der Waals surface area contributed by atoms with Gasteiger partial charge in [-0.25, -0.2) is 4.79 Å². The topological polar surface area (TPSA) is 55.8 Å². The molecule has 1 heterocycles. The molecule has 1 aromatic carbocycles. The Morgan fingerprint density at radius 3 is 2.86 bits per heavy atom. The van der Waals surface area contributed by atoms with Crippen LogP contribution in [0.5, 0.6) is 11.5 Å². The first kappa shape index (κ1) is 15.1. The summed E-state index contributed by atoms with van der Waals surface area (Å²) in [7, 11) is 1.61. The second-order valence-corrected chi connectivity index (χ2v) is 5.46. The Labute approximate surface area is 127 Å². The van der Waals surface area contributed by atoms with Gasteiger partial charge in [-0.05, 0) is 47.7 Å². The van der Waals surface area contributed by atoms with E-state index in [0.29, 0.717) is 18.1 Å². The molecule has 0 fully saturated rings. The van der Waals surface area contributed by atoms with Gasteiger partial charge in [0, 0.05) is 11.0 Å². The van der Waals surface area contributed by atoms with Gasteiger partial charge in [0.2, 0.25) is 0 Å². The second-order valence-electron chi connectivity index (χ2n) is 4.46. The average Bonchev–Trinajstić information content (AvgIpc) is 2.91. The van der Waals surface area contributed by atoms with Crippen molar-refractivity contribution < 1.29 is 19.4 Å². The number of thiophene rings is 1. The molecular weight excluding hydrogens is 288 g/mol. The minimum Gasteiger partial charge on any atom is -0.493 e. The predicted octanol–water partition coefficient (Wildman–Crippen LogP) is 3.74. The fraction of sp³-hybridized carbons (Fsp3) is 0.188. The first-order chi connectivity index (χ1) is 10.1. The van der Waals surface area contributed by atoms with E-state index in [4.69, 9.17) is 14.6 Å². The van der Waals surface area contributed by atoms with Crippen molar-refractivity contribution in [1.82, 2.24) is 0 Å². The number of hydrogen-bond donors (Lipinski definition) is 1. The molecule has 0 atom stereocenters. The van der Waals surface area contributed by atoms with Gasteiger partial charge in [-0.3, -0.25) is 0 Å². The van der Waals surface area contributed by atoms with E-state index in [9.17, 15) is 4.79 Å². The smallest absolute Gasteiger partial charge is 0.328 e. The summed E-state index contributed by atoms with van der Waals surface area (Å²) in [4.78, 5) is 11.5. The van der Waals surface area contributed by atoms with Crippen LogP contribution in [0.3, 0.4) is 0 Å². The highest BCUT2D eigenvalue weighted by Gasteiger charge is 2.06. The molecule has 0 radical (unpaired) electrons. The van der Waals surface area contributed by atoms with E-state index in [-0.39, 0.29) is 0 Å². The maximum absolute atomic E-state index is 10.5. The Hall–Kier alpha value is -2.27. The van der Waals surface area contributed by atoms with Crippen molar-refractivity contribution in [3.05, 3.63) is 51.7 Å². The van der Waals surface area contributed by atoms with Crippen molar-refractivity contribution >= 4 is 23.4 Å². The SMILES string of the molecule is COc1cc(C)ccc1OCc1cc(C=CC(=O)O)cs1. The Bertz CT molecular complexity index is 658. The molecule has 0 aliphatic rings. The van der Waals surface area contributed by atoms with Gasteiger partial charge in [0.15, 0.2) is 11.5 Å². The lowest BCUT2D eigenvalue weighted by atomic mass is 10.2. The number of hydrogen-bond acceptors (Lipinski definition) is 4. The van der Waals surface area contributed by atoms with E-state index in [1.165, 1.54) is 11.3 Å². The fourth-order valence-corrected chi connectivity index (χ4v) is 2.54. The van der Waals surface area contributed by atoms with Gasteiger partial charge in [-0.15, -0.1) is 11.3 Å². The number of carbonyl (C=O) groups is 1. The molecule has 4 nitrogen and oxygen atoms in total. The molecule has 2 rings (SSSR count). The Morgan fingerprint density at radius 2 is 2.14 bits per heavy atom. The fourth-order valence-electron chi connectivity index (χ4n) is 1.77. The lowest BCUT2D eigenvalue weighted by Gasteiger charge is -2.10. The lowest BCUT2D eigenvalue weighted by Crippen LogP contribution is -1.96. The standard InChI is InChI=1S/C16H16O4S/c1-11-3-5-14(15(7-11)19-2)20-9-13-8-12(10-21-13)4-6-16(17)18/h3-8,10H,9H2,1-2H3,(H,17,18). The number of rotatable bonds is 6. The van der Waals surface area contributed by atoms with Gasteiger partial charge in [0.25, 0.3) is 0 Å². The van der Waals surface area contributed by atoms with Crippen LogP contribution in [0.15, 0.2) is 35.7 Å². The summed E-state index contributed by atoms with van der Waals surface area (Å²) in [6, 6.07) is 7.68. The van der Waals surface area contributed by atoms with E-state index in [1.54, 1.807) is 13.2 Å². The van der Waals surface area contributed by atoms with Crippen LogP contribution in [-0.4, -0.2) is 18.2 Å². The maximum Gasteiger partial charge on any atom is 0.328 e. The largest absolute Gasteiger partial charge is 0.493 e. The average molecular weight is 304 g/mol. The summed E-state index contributed by atoms with van der Waals surface area (Å²) in [5.41, 5.74) is 1.97. The summed E-state index contributed by atoms with van der Waals surface area (Å²) in [6.07, 6.45) is 2.69. The van der Waals surface area contributed by atoms with Crippen LogP contribution in [0.4, 0.5) is 0 Å². The quantitative estimate of drug-likeness (QED) is 0.826. The zero-order valence-electron chi connectivity index (χ0n) is 11.8. The summed E-state index contributed by atoms with van der Waals surface area (Å²) in [5.74, 6) is 0.445. The van der Waals surface area contributed by atoms with E-state index in [2.05, 4.69) is 0 Å². The summed E-state index contributed by atoms with van der Waals surface area (Å²) in [6.45, 7) is 2.41. The number of carboxylic acid groups (broad SMARTS) is 1. The summed E-state index contributed by atoms with van der Waals surface area (Å²) < 4.78 is 11.0. The van der Waals surface area contributed by atoms with Gasteiger partial charge in [-0.2, -0.15) is 0 Å². The molecule has 0 bridgehead atoms. The maximum atomic E-state index is 10.5. The third-order valence-corrected chi connectivity index (χ3v) is 3.71. The van der Waals surface area contributed by atoms with Gasteiger partial charge < -0.3 is 14.6 Å². The van der Waals surface area contributed by atoms with E-state index in [0.717, 1.165) is 22.1 Å². The molecule has 0 saturated heterocycles. The third kappa shape index (κ3) is 4.36. The molecule has 1 N–H and O–H groups in total. The normalized spacial score (nSPS) is 10.8. The Morgan fingerprint density at radius 1 is 1.33 bits per heavy atom. The highest BCUT2D eigenvalue weighted by Crippen LogP contribution is 2.29. The van der Waals surface area contributed by atoms with Gasteiger partial charge >= 0.3 is 5.97 Å². The first-order valence-corrected chi connectivity index (χ1v) is 7.22. The van der Waals surface area contributed by atoms with Crippen molar-refractivity contribution in [2.24, 2.45) is 0 Å². The zero-order valence-corrected chi connectivity index (χ0v) is 12.6. The molecule has 0 saturated carbocycles. The molecule has 2 aromatic rings. The Kier molecular flexibility index (Phi) is 5.00. The van der Waals surface area contributed by atoms with Crippen LogP contribution in [0.25, 0.3) is 6.08 Å². The Balaban J connectivity index is 2.02. The number of carboxylic acids is 1. The first-order valence-electron chi connectivity index (χ1n) is 6.34. The van der Waals surface area contributed by atoms with Crippen LogP contribution in [0, 0.1) is 6.92 Å². The van der Waals surface area contributed by atoms with Crippen molar-refractivity contribution in [3.63, 3.8) is 0 Å². The van der Waals surface area contributed by atoms with Crippen molar-refractivity contribution in [3.8, 4) is 11.5 Å². The molecule has 5 heteroatoms. The number of aryl methyl sites for hydroxylation is 1. The van der Waals surface area contributed by atoms with Crippen LogP contribution < -0.4 is 9.47 Å². The van der Waals surface area contributed by atoms with Gasteiger partial charge in [-0.1, -0.05) is 6.07 Å². The molecule has 0 aliphatic heterocycles. The van der Waals surface area contributed by atoms with Crippen LogP contribution >= 0.6 is 11.3 Å². The molecule has 0 spiro atoms. The lowest BCUT2D eigenvalue weighted by molar-refractivity contribution is -0.131. The molecule has 1 aromatic heterocycles. The monoisotopic (exact) mass is 304 g/mol. The van der Waals surface area contributed by atoms with E-state index in [1.807, 2.05) is 36.6 Å². The zero-order chi connectivity index (χ0) is 15.2. The molecular formula is C16H16O4S. The summed E-state index contributed by atoms with van der Waals surface area (Å²) in [5, 5.41) is 10.5. The number of aliphatic carboxylic acids is 1. The van der Waals surface area contributed by atoms with E-state index >= 15 is 0 Å². The van der Waals surface area contributed by atoms with Crippen LogP contribution in [0.2, 0.25) is 0 Å². The molecule has 0 unspecified atom stereocenters. The highest BCUT2D eigenvalue weighted by atomic mass is 32.1. The number of methoxy groups -OCH3 is 1. The van der Waals surface area contributed by atoms with Crippen LogP contribution in [0.1, 0.15) is 16.0 Å². The minimum absolute atomic E-state index is 0.422. The highest BCUT2D eigenvalue weighted by molar-refractivity contribution is 7.10. The van der Waals surface area contributed by atoms with Crippen molar-refractivity contribution in [2.45, 2.75) is 13.5 Å². The molecule has 0 amide bonds. The number of benzene rings is 1. The van der Waals surface area contributed by atoms with E-state index < -0.39 is 5.97 Å². The third-order valence-electron chi connectivity index (χ3n) is 2.78. The minimum atomic E-state index is -0.955. The molecule has 110 valence electrons. The van der Waals surface area contributed by atoms with Crippen molar-refractivity contribution in [1.29, 1.82) is 0 Å². The van der Waals surface area contributed by atoms with Gasteiger partial charge in [0.05, 0.1) is 7.11 Å².